The summed E-state index contributed by atoms with van der Waals surface area (Å²) in [5.74, 6) is -0.343. The predicted octanol–water partition coefficient (Wildman–Crippen LogP) is 5.50. The van der Waals surface area contributed by atoms with Crippen molar-refractivity contribution in [2.24, 2.45) is 0 Å². The van der Waals surface area contributed by atoms with E-state index in [0.717, 1.165) is 48.1 Å². The zero-order chi connectivity index (χ0) is 17.1. The van der Waals surface area contributed by atoms with E-state index in [9.17, 15) is 4.79 Å². The molecule has 0 aliphatic carbocycles. The SMILES string of the molecule is COC(=O)c1cc2c3ccc(Br)cc3[nH]c2c2c1[nH]c1ccccc12. The lowest BCUT2D eigenvalue weighted by molar-refractivity contribution is 0.0603. The molecule has 5 aromatic rings. The van der Waals surface area contributed by atoms with Crippen molar-refractivity contribution in [1.29, 1.82) is 0 Å². The summed E-state index contributed by atoms with van der Waals surface area (Å²) in [6.45, 7) is 0. The fourth-order valence-corrected chi connectivity index (χ4v) is 3.99. The van der Waals surface area contributed by atoms with E-state index in [1.807, 2.05) is 36.4 Å². The molecule has 0 unspecified atom stereocenters. The van der Waals surface area contributed by atoms with Gasteiger partial charge in [0.2, 0.25) is 0 Å². The number of fused-ring (bicyclic) bond motifs is 7. The molecule has 0 amide bonds. The molecule has 25 heavy (non-hydrogen) atoms. The number of aromatic amines is 2. The average Bonchev–Trinajstić information content (AvgIpc) is 3.17. The Kier molecular flexibility index (Phi) is 2.97. The zero-order valence-corrected chi connectivity index (χ0v) is 14.9. The molecular formula is C20H13BrN2O2. The molecule has 0 saturated heterocycles. The molecule has 0 spiro atoms. The van der Waals surface area contributed by atoms with E-state index >= 15 is 0 Å². The summed E-state index contributed by atoms with van der Waals surface area (Å²) in [5, 5.41) is 4.19. The average molecular weight is 393 g/mol. The van der Waals surface area contributed by atoms with Crippen molar-refractivity contribution < 1.29 is 9.53 Å². The first kappa shape index (κ1) is 14.5. The minimum Gasteiger partial charge on any atom is -0.465 e. The van der Waals surface area contributed by atoms with Crippen LogP contribution in [0.15, 0.2) is 53.0 Å². The summed E-state index contributed by atoms with van der Waals surface area (Å²) < 4.78 is 6.03. The Morgan fingerprint density at radius 2 is 1.72 bits per heavy atom. The van der Waals surface area contributed by atoms with E-state index in [1.165, 1.54) is 7.11 Å². The van der Waals surface area contributed by atoms with Crippen molar-refractivity contribution in [3.05, 3.63) is 58.6 Å². The van der Waals surface area contributed by atoms with Gasteiger partial charge in [0.05, 0.1) is 23.7 Å². The minimum atomic E-state index is -0.343. The Hall–Kier alpha value is -2.79. The number of hydrogen-bond donors (Lipinski definition) is 2. The van der Waals surface area contributed by atoms with Crippen LogP contribution in [-0.2, 0) is 4.74 Å². The van der Waals surface area contributed by atoms with Crippen molar-refractivity contribution in [1.82, 2.24) is 9.97 Å². The third-order valence-corrected chi connectivity index (χ3v) is 5.21. The largest absolute Gasteiger partial charge is 0.465 e. The highest BCUT2D eigenvalue weighted by Gasteiger charge is 2.20. The van der Waals surface area contributed by atoms with Crippen LogP contribution in [0.2, 0.25) is 0 Å². The van der Waals surface area contributed by atoms with Crippen molar-refractivity contribution in [3.8, 4) is 0 Å². The monoisotopic (exact) mass is 392 g/mol. The van der Waals surface area contributed by atoms with Gasteiger partial charge in [0, 0.05) is 37.1 Å². The number of halogens is 1. The van der Waals surface area contributed by atoms with E-state index in [4.69, 9.17) is 4.74 Å². The van der Waals surface area contributed by atoms with E-state index in [0.29, 0.717) is 5.56 Å². The zero-order valence-electron chi connectivity index (χ0n) is 13.3. The lowest BCUT2D eigenvalue weighted by Gasteiger charge is -2.03. The summed E-state index contributed by atoms with van der Waals surface area (Å²) in [7, 11) is 1.41. The number of carbonyl (C=O) groups is 1. The van der Waals surface area contributed by atoms with Gasteiger partial charge in [-0.2, -0.15) is 0 Å². The second-order valence-corrected chi connectivity index (χ2v) is 6.99. The molecule has 0 radical (unpaired) electrons. The van der Waals surface area contributed by atoms with E-state index in [2.05, 4.69) is 38.0 Å². The van der Waals surface area contributed by atoms with E-state index in [1.54, 1.807) is 0 Å². The van der Waals surface area contributed by atoms with Crippen LogP contribution in [-0.4, -0.2) is 23.0 Å². The predicted molar refractivity (Wildman–Crippen MR) is 104 cm³/mol. The lowest BCUT2D eigenvalue weighted by Crippen LogP contribution is -2.02. The maximum atomic E-state index is 12.4. The van der Waals surface area contributed by atoms with Crippen LogP contribution in [0.4, 0.5) is 0 Å². The number of aromatic nitrogens is 2. The van der Waals surface area contributed by atoms with Gasteiger partial charge in [-0.3, -0.25) is 0 Å². The van der Waals surface area contributed by atoms with Crippen molar-refractivity contribution in [2.75, 3.05) is 7.11 Å². The lowest BCUT2D eigenvalue weighted by atomic mass is 10.0. The molecule has 2 N–H and O–H groups in total. The Morgan fingerprint density at radius 3 is 2.56 bits per heavy atom. The van der Waals surface area contributed by atoms with E-state index in [-0.39, 0.29) is 5.97 Å². The third kappa shape index (κ3) is 1.96. The molecule has 2 heterocycles. The Balaban J connectivity index is 2.09. The molecule has 0 aliphatic rings. The summed E-state index contributed by atoms with van der Waals surface area (Å²) in [5.41, 5.74) is 4.39. The molecule has 5 heteroatoms. The minimum absolute atomic E-state index is 0.343. The number of carbonyl (C=O) groups excluding carboxylic acids is 1. The summed E-state index contributed by atoms with van der Waals surface area (Å²) >= 11 is 3.52. The van der Waals surface area contributed by atoms with E-state index < -0.39 is 0 Å². The molecule has 0 atom stereocenters. The standard InChI is InChI=1S/C20H13BrN2O2/c1-25-20(24)14-9-13-11-7-6-10(21)8-16(11)23-18(13)17-12-4-2-3-5-15(12)22-19(14)17/h2-9,22-23H,1H3. The quantitative estimate of drug-likeness (QED) is 0.369. The van der Waals surface area contributed by atoms with Gasteiger partial charge >= 0.3 is 5.97 Å². The molecule has 0 fully saturated rings. The van der Waals surface area contributed by atoms with Crippen LogP contribution in [0.25, 0.3) is 43.6 Å². The number of ether oxygens (including phenoxy) is 1. The normalized spacial score (nSPS) is 11.8. The van der Waals surface area contributed by atoms with Crippen LogP contribution >= 0.6 is 15.9 Å². The Bertz CT molecular complexity index is 1310. The number of methoxy groups -OCH3 is 1. The van der Waals surface area contributed by atoms with Gasteiger partial charge in [-0.05, 0) is 24.3 Å². The highest BCUT2D eigenvalue weighted by molar-refractivity contribution is 9.10. The molecule has 3 aromatic carbocycles. The molecule has 0 saturated carbocycles. The molecule has 5 rings (SSSR count). The van der Waals surface area contributed by atoms with Gasteiger partial charge in [-0.1, -0.05) is 40.2 Å². The van der Waals surface area contributed by atoms with Crippen LogP contribution < -0.4 is 0 Å². The molecule has 122 valence electrons. The number of nitrogens with one attached hydrogen (secondary N) is 2. The highest BCUT2D eigenvalue weighted by atomic mass is 79.9. The van der Waals surface area contributed by atoms with Crippen LogP contribution in [0.5, 0.6) is 0 Å². The number of rotatable bonds is 1. The second kappa shape index (κ2) is 5.10. The maximum Gasteiger partial charge on any atom is 0.340 e. The fourth-order valence-electron chi connectivity index (χ4n) is 3.63. The van der Waals surface area contributed by atoms with Crippen LogP contribution in [0.3, 0.4) is 0 Å². The highest BCUT2D eigenvalue weighted by Crippen LogP contribution is 2.38. The topological polar surface area (TPSA) is 57.9 Å². The number of esters is 1. The number of hydrogen-bond acceptors (Lipinski definition) is 2. The van der Waals surface area contributed by atoms with Crippen molar-refractivity contribution >= 4 is 65.5 Å². The summed E-state index contributed by atoms with van der Waals surface area (Å²) in [6, 6.07) is 16.1. The van der Waals surface area contributed by atoms with Gasteiger partial charge in [0.15, 0.2) is 0 Å². The summed E-state index contributed by atoms with van der Waals surface area (Å²) in [6.07, 6.45) is 0. The Morgan fingerprint density at radius 1 is 0.920 bits per heavy atom. The number of benzene rings is 3. The molecular weight excluding hydrogens is 380 g/mol. The first-order valence-electron chi connectivity index (χ1n) is 7.90. The number of H-pyrrole nitrogens is 2. The van der Waals surface area contributed by atoms with Crippen LogP contribution in [0.1, 0.15) is 10.4 Å². The first-order valence-corrected chi connectivity index (χ1v) is 8.69. The third-order valence-electron chi connectivity index (χ3n) is 4.72. The summed E-state index contributed by atoms with van der Waals surface area (Å²) in [4.78, 5) is 19.3. The molecule has 0 bridgehead atoms. The Labute approximate surface area is 150 Å². The van der Waals surface area contributed by atoms with Crippen molar-refractivity contribution in [3.63, 3.8) is 0 Å². The first-order chi connectivity index (χ1) is 12.2. The fraction of sp³-hybridized carbons (Fsp3) is 0.0500. The molecule has 0 aliphatic heterocycles. The van der Waals surface area contributed by atoms with Gasteiger partial charge in [-0.15, -0.1) is 0 Å². The number of para-hydroxylation sites is 1. The van der Waals surface area contributed by atoms with Crippen molar-refractivity contribution in [2.45, 2.75) is 0 Å². The van der Waals surface area contributed by atoms with Gasteiger partial charge < -0.3 is 14.7 Å². The van der Waals surface area contributed by atoms with Gasteiger partial charge in [0.1, 0.15) is 0 Å². The van der Waals surface area contributed by atoms with Crippen LogP contribution in [0, 0.1) is 0 Å². The second-order valence-electron chi connectivity index (χ2n) is 6.07. The van der Waals surface area contributed by atoms with Gasteiger partial charge in [0.25, 0.3) is 0 Å². The smallest absolute Gasteiger partial charge is 0.340 e. The molecule has 4 nitrogen and oxygen atoms in total. The maximum absolute atomic E-state index is 12.4. The van der Waals surface area contributed by atoms with Gasteiger partial charge in [-0.25, -0.2) is 4.79 Å². The molecule has 2 aromatic heterocycles.